The van der Waals surface area contributed by atoms with Gasteiger partial charge in [0, 0.05) is 4.47 Å². The Morgan fingerprint density at radius 3 is 2.59 bits per heavy atom. The number of carbonyl (C=O) groups excluding carboxylic acids is 2. The highest BCUT2D eigenvalue weighted by atomic mass is 79.9. The largest absolute Gasteiger partial charge is 0.452 e. The first-order valence-electron chi connectivity index (χ1n) is 6.76. The Morgan fingerprint density at radius 1 is 1.14 bits per heavy atom. The molecule has 1 amide bonds. The first-order valence-corrected chi connectivity index (χ1v) is 7.55. The van der Waals surface area contributed by atoms with Crippen molar-refractivity contribution in [2.45, 2.75) is 13.8 Å². The molecule has 2 aromatic carbocycles. The Kier molecular flexibility index (Phi) is 5.33. The highest BCUT2D eigenvalue weighted by molar-refractivity contribution is 9.10. The predicted octanol–water partition coefficient (Wildman–Crippen LogP) is 3.86. The second-order valence-electron chi connectivity index (χ2n) is 4.92. The van der Waals surface area contributed by atoms with Gasteiger partial charge in [-0.05, 0) is 53.5 Å². The predicted molar refractivity (Wildman–Crippen MR) is 89.0 cm³/mol. The van der Waals surface area contributed by atoms with E-state index in [1.807, 2.05) is 44.2 Å². The smallest absolute Gasteiger partial charge is 0.338 e. The molecule has 0 spiro atoms. The quantitative estimate of drug-likeness (QED) is 0.841. The van der Waals surface area contributed by atoms with Crippen LogP contribution in [0, 0.1) is 13.8 Å². The lowest BCUT2D eigenvalue weighted by Crippen LogP contribution is -2.21. The van der Waals surface area contributed by atoms with Crippen molar-refractivity contribution in [2.75, 3.05) is 11.9 Å². The molecular formula is C17H16BrNO3. The van der Waals surface area contributed by atoms with Crippen molar-refractivity contribution < 1.29 is 14.3 Å². The molecule has 5 heteroatoms. The van der Waals surface area contributed by atoms with Crippen molar-refractivity contribution in [3.05, 3.63) is 63.6 Å². The molecule has 0 aliphatic carbocycles. The minimum atomic E-state index is -0.497. The minimum absolute atomic E-state index is 0.326. The number of halogens is 1. The van der Waals surface area contributed by atoms with E-state index in [0.717, 1.165) is 15.6 Å². The molecule has 0 atom stereocenters. The van der Waals surface area contributed by atoms with E-state index in [1.165, 1.54) is 0 Å². The molecule has 0 heterocycles. The Hall–Kier alpha value is -2.14. The molecule has 0 bridgehead atoms. The van der Waals surface area contributed by atoms with Crippen LogP contribution in [-0.4, -0.2) is 18.5 Å². The Labute approximate surface area is 137 Å². The molecule has 0 aliphatic rings. The fourth-order valence-corrected chi connectivity index (χ4v) is 2.30. The Morgan fingerprint density at radius 2 is 1.86 bits per heavy atom. The van der Waals surface area contributed by atoms with Crippen molar-refractivity contribution in [1.82, 2.24) is 0 Å². The number of anilines is 1. The molecule has 22 heavy (non-hydrogen) atoms. The lowest BCUT2D eigenvalue weighted by molar-refractivity contribution is -0.119. The summed E-state index contributed by atoms with van der Waals surface area (Å²) >= 11 is 3.34. The van der Waals surface area contributed by atoms with Gasteiger partial charge in [-0.3, -0.25) is 4.79 Å². The molecule has 0 radical (unpaired) electrons. The van der Waals surface area contributed by atoms with Gasteiger partial charge in [-0.25, -0.2) is 4.79 Å². The molecule has 0 unspecified atom stereocenters. The lowest BCUT2D eigenvalue weighted by atomic mass is 10.1. The normalized spacial score (nSPS) is 10.1. The van der Waals surface area contributed by atoms with E-state index in [2.05, 4.69) is 21.2 Å². The summed E-state index contributed by atoms with van der Waals surface area (Å²) in [6.45, 7) is 3.40. The van der Waals surface area contributed by atoms with Gasteiger partial charge in [-0.15, -0.1) is 0 Å². The van der Waals surface area contributed by atoms with Crippen molar-refractivity contribution >= 4 is 33.5 Å². The van der Waals surface area contributed by atoms with E-state index in [0.29, 0.717) is 11.3 Å². The maximum Gasteiger partial charge on any atom is 0.338 e. The summed E-state index contributed by atoms with van der Waals surface area (Å²) in [5.41, 5.74) is 2.90. The molecule has 0 fully saturated rings. The number of rotatable bonds is 4. The van der Waals surface area contributed by atoms with Gasteiger partial charge in [0.25, 0.3) is 5.91 Å². The van der Waals surface area contributed by atoms with Crippen LogP contribution in [0.15, 0.2) is 46.9 Å². The fraction of sp³-hybridized carbons (Fsp3) is 0.176. The summed E-state index contributed by atoms with van der Waals surface area (Å²) in [7, 11) is 0. The van der Waals surface area contributed by atoms with Crippen LogP contribution in [0.3, 0.4) is 0 Å². The lowest BCUT2D eigenvalue weighted by Gasteiger charge is -2.09. The van der Waals surface area contributed by atoms with Crippen LogP contribution in [-0.2, 0) is 9.53 Å². The van der Waals surface area contributed by atoms with Crippen LogP contribution < -0.4 is 5.32 Å². The van der Waals surface area contributed by atoms with Crippen molar-refractivity contribution in [3.8, 4) is 0 Å². The maximum atomic E-state index is 12.0. The highest BCUT2D eigenvalue weighted by Gasteiger charge is 2.13. The molecule has 0 saturated carbocycles. The summed E-state index contributed by atoms with van der Waals surface area (Å²) in [5.74, 6) is -0.881. The van der Waals surface area contributed by atoms with Crippen LogP contribution in [0.1, 0.15) is 21.5 Å². The second-order valence-corrected chi connectivity index (χ2v) is 5.78. The zero-order valence-electron chi connectivity index (χ0n) is 12.4. The van der Waals surface area contributed by atoms with Crippen molar-refractivity contribution in [2.24, 2.45) is 0 Å². The SMILES string of the molecule is Cc1ccc(C)c(C(=O)OCC(=O)Nc2ccccc2Br)c1. The molecule has 0 aromatic heterocycles. The van der Waals surface area contributed by atoms with Crippen LogP contribution in [0.25, 0.3) is 0 Å². The van der Waals surface area contributed by atoms with E-state index in [9.17, 15) is 9.59 Å². The van der Waals surface area contributed by atoms with Gasteiger partial charge in [0.2, 0.25) is 0 Å². The fourth-order valence-electron chi connectivity index (χ4n) is 1.91. The molecule has 0 saturated heterocycles. The monoisotopic (exact) mass is 361 g/mol. The van der Waals surface area contributed by atoms with Crippen molar-refractivity contribution in [1.29, 1.82) is 0 Å². The summed E-state index contributed by atoms with van der Waals surface area (Å²) in [6, 6.07) is 12.8. The number of hydrogen-bond acceptors (Lipinski definition) is 3. The van der Waals surface area contributed by atoms with Gasteiger partial charge in [0.15, 0.2) is 6.61 Å². The molecule has 2 rings (SSSR count). The number of amides is 1. The molecular weight excluding hydrogens is 346 g/mol. The zero-order valence-corrected chi connectivity index (χ0v) is 13.9. The van der Waals surface area contributed by atoms with Gasteiger partial charge < -0.3 is 10.1 Å². The van der Waals surface area contributed by atoms with E-state index in [4.69, 9.17) is 4.74 Å². The number of aryl methyl sites for hydroxylation is 2. The van der Waals surface area contributed by atoms with Gasteiger partial charge in [-0.2, -0.15) is 0 Å². The first-order chi connectivity index (χ1) is 10.5. The standard InChI is InChI=1S/C17H16BrNO3/c1-11-7-8-12(2)13(9-11)17(21)22-10-16(20)19-15-6-4-3-5-14(15)18/h3-9H,10H2,1-2H3,(H,19,20). The van der Waals surface area contributed by atoms with Crippen LogP contribution in [0.2, 0.25) is 0 Å². The first kappa shape index (κ1) is 16.2. The van der Waals surface area contributed by atoms with Gasteiger partial charge in [0.05, 0.1) is 11.3 Å². The molecule has 114 valence electrons. The maximum absolute atomic E-state index is 12.0. The summed E-state index contributed by atoms with van der Waals surface area (Å²) < 4.78 is 5.84. The summed E-state index contributed by atoms with van der Waals surface area (Å²) in [5, 5.41) is 2.68. The summed E-state index contributed by atoms with van der Waals surface area (Å²) in [6.07, 6.45) is 0. The Bertz CT molecular complexity index is 713. The average molecular weight is 362 g/mol. The average Bonchev–Trinajstić information content (AvgIpc) is 2.49. The number of ether oxygens (including phenoxy) is 1. The van der Waals surface area contributed by atoms with E-state index in [1.54, 1.807) is 12.1 Å². The van der Waals surface area contributed by atoms with E-state index in [-0.39, 0.29) is 12.5 Å². The highest BCUT2D eigenvalue weighted by Crippen LogP contribution is 2.21. The van der Waals surface area contributed by atoms with E-state index < -0.39 is 5.97 Å². The minimum Gasteiger partial charge on any atom is -0.452 e. The number of hydrogen-bond donors (Lipinski definition) is 1. The third-order valence-electron chi connectivity index (χ3n) is 3.10. The molecule has 1 N–H and O–H groups in total. The molecule has 0 aliphatic heterocycles. The van der Waals surface area contributed by atoms with Crippen molar-refractivity contribution in [3.63, 3.8) is 0 Å². The van der Waals surface area contributed by atoms with Crippen LogP contribution >= 0.6 is 15.9 Å². The number of esters is 1. The Balaban J connectivity index is 1.95. The van der Waals surface area contributed by atoms with Crippen LogP contribution in [0.4, 0.5) is 5.69 Å². The number of benzene rings is 2. The number of para-hydroxylation sites is 1. The third-order valence-corrected chi connectivity index (χ3v) is 3.79. The number of carbonyl (C=O) groups is 2. The van der Waals surface area contributed by atoms with Crippen LogP contribution in [0.5, 0.6) is 0 Å². The summed E-state index contributed by atoms with van der Waals surface area (Å²) in [4.78, 5) is 23.9. The van der Waals surface area contributed by atoms with E-state index >= 15 is 0 Å². The van der Waals surface area contributed by atoms with Gasteiger partial charge >= 0.3 is 5.97 Å². The second kappa shape index (κ2) is 7.22. The third kappa shape index (κ3) is 4.18. The number of nitrogens with one attached hydrogen (secondary N) is 1. The topological polar surface area (TPSA) is 55.4 Å². The molecule has 4 nitrogen and oxygen atoms in total. The zero-order chi connectivity index (χ0) is 16.1. The van der Waals surface area contributed by atoms with Gasteiger partial charge in [-0.1, -0.05) is 29.8 Å². The van der Waals surface area contributed by atoms with Gasteiger partial charge in [0.1, 0.15) is 0 Å². The molecule has 2 aromatic rings.